The molecule has 0 aliphatic rings. The maximum absolute atomic E-state index is 3.98. The quantitative estimate of drug-likeness (QED) is 0.808. The number of aromatic nitrogens is 2. The number of hydrogen-bond donors (Lipinski definition) is 1. The van der Waals surface area contributed by atoms with Gasteiger partial charge in [0.2, 0.25) is 0 Å². The molecular formula is C12H13N3. The van der Waals surface area contributed by atoms with E-state index >= 15 is 0 Å². The summed E-state index contributed by atoms with van der Waals surface area (Å²) in [6.45, 7) is 4.16. The summed E-state index contributed by atoms with van der Waals surface area (Å²) < 4.78 is 0. The lowest BCUT2D eigenvalue weighted by atomic mass is 10.1. The van der Waals surface area contributed by atoms with Crippen molar-refractivity contribution in [1.29, 1.82) is 0 Å². The van der Waals surface area contributed by atoms with Gasteiger partial charge in [0.15, 0.2) is 5.82 Å². The van der Waals surface area contributed by atoms with E-state index in [1.165, 1.54) is 11.1 Å². The molecule has 0 aliphatic heterocycles. The van der Waals surface area contributed by atoms with E-state index in [2.05, 4.69) is 47.6 Å². The fourth-order valence-corrected chi connectivity index (χ4v) is 1.46. The number of nitrogens with zero attached hydrogens (tertiary/aromatic N) is 2. The van der Waals surface area contributed by atoms with E-state index in [1.54, 1.807) is 6.20 Å². The number of benzene rings is 1. The molecule has 0 radical (unpaired) electrons. The molecule has 1 aromatic carbocycles. The number of rotatable bonds is 2. The second-order valence-corrected chi connectivity index (χ2v) is 3.55. The molecule has 15 heavy (non-hydrogen) atoms. The number of aryl methyl sites for hydroxylation is 2. The van der Waals surface area contributed by atoms with E-state index in [-0.39, 0.29) is 0 Å². The predicted molar refractivity (Wildman–Crippen MR) is 61.2 cm³/mol. The smallest absolute Gasteiger partial charge is 0.153 e. The molecule has 0 saturated carbocycles. The molecule has 3 heteroatoms. The minimum absolute atomic E-state index is 0.768. The van der Waals surface area contributed by atoms with Crippen LogP contribution in [0.1, 0.15) is 11.1 Å². The lowest BCUT2D eigenvalue weighted by molar-refractivity contribution is 1.04. The third kappa shape index (κ3) is 2.31. The summed E-state index contributed by atoms with van der Waals surface area (Å²) in [5, 5.41) is 11.0. The first-order valence-corrected chi connectivity index (χ1v) is 4.88. The SMILES string of the molecule is Cc1ccc(Nc2cccnn2)c(C)c1. The Morgan fingerprint density at radius 1 is 1.13 bits per heavy atom. The molecule has 1 heterocycles. The van der Waals surface area contributed by atoms with Crippen molar-refractivity contribution in [2.45, 2.75) is 13.8 Å². The lowest BCUT2D eigenvalue weighted by Crippen LogP contribution is -1.96. The highest BCUT2D eigenvalue weighted by atomic mass is 15.2. The summed E-state index contributed by atoms with van der Waals surface area (Å²) in [5.41, 5.74) is 3.54. The van der Waals surface area contributed by atoms with Crippen LogP contribution in [0.25, 0.3) is 0 Å². The van der Waals surface area contributed by atoms with Crippen LogP contribution in [0.15, 0.2) is 36.5 Å². The summed E-state index contributed by atoms with van der Waals surface area (Å²) in [5.74, 6) is 0.768. The van der Waals surface area contributed by atoms with Crippen LogP contribution in [0.5, 0.6) is 0 Å². The highest BCUT2D eigenvalue weighted by molar-refractivity contribution is 5.60. The number of anilines is 2. The van der Waals surface area contributed by atoms with Gasteiger partial charge >= 0.3 is 0 Å². The van der Waals surface area contributed by atoms with Crippen LogP contribution in [0, 0.1) is 13.8 Å². The minimum Gasteiger partial charge on any atom is -0.339 e. The molecular weight excluding hydrogens is 186 g/mol. The van der Waals surface area contributed by atoms with Gasteiger partial charge in [0.25, 0.3) is 0 Å². The first-order valence-electron chi connectivity index (χ1n) is 4.88. The average molecular weight is 199 g/mol. The fourth-order valence-electron chi connectivity index (χ4n) is 1.46. The zero-order valence-corrected chi connectivity index (χ0v) is 8.86. The molecule has 3 nitrogen and oxygen atoms in total. The second kappa shape index (κ2) is 4.09. The van der Waals surface area contributed by atoms with E-state index in [1.807, 2.05) is 12.1 Å². The predicted octanol–water partition coefficient (Wildman–Crippen LogP) is 2.84. The van der Waals surface area contributed by atoms with Gasteiger partial charge < -0.3 is 5.32 Å². The van der Waals surface area contributed by atoms with E-state index in [0.29, 0.717) is 0 Å². The summed E-state index contributed by atoms with van der Waals surface area (Å²) in [7, 11) is 0. The zero-order chi connectivity index (χ0) is 10.7. The van der Waals surface area contributed by atoms with Gasteiger partial charge in [0.1, 0.15) is 0 Å². The second-order valence-electron chi connectivity index (χ2n) is 3.55. The Labute approximate surface area is 89.2 Å². The molecule has 0 saturated heterocycles. The Morgan fingerprint density at radius 3 is 2.67 bits per heavy atom. The van der Waals surface area contributed by atoms with Crippen molar-refractivity contribution in [3.05, 3.63) is 47.7 Å². The van der Waals surface area contributed by atoms with Crippen molar-refractivity contribution >= 4 is 11.5 Å². The fraction of sp³-hybridized carbons (Fsp3) is 0.167. The summed E-state index contributed by atoms with van der Waals surface area (Å²) in [4.78, 5) is 0. The first-order chi connectivity index (χ1) is 7.25. The third-order valence-corrected chi connectivity index (χ3v) is 2.22. The van der Waals surface area contributed by atoms with Crippen molar-refractivity contribution in [2.24, 2.45) is 0 Å². The highest BCUT2D eigenvalue weighted by Crippen LogP contribution is 2.19. The number of nitrogens with one attached hydrogen (secondary N) is 1. The summed E-state index contributed by atoms with van der Waals surface area (Å²) >= 11 is 0. The van der Waals surface area contributed by atoms with E-state index in [9.17, 15) is 0 Å². The van der Waals surface area contributed by atoms with Crippen LogP contribution in [-0.4, -0.2) is 10.2 Å². The van der Waals surface area contributed by atoms with Gasteiger partial charge in [-0.15, -0.1) is 5.10 Å². The molecule has 0 amide bonds. The molecule has 0 fully saturated rings. The minimum atomic E-state index is 0.768. The molecule has 1 N–H and O–H groups in total. The van der Waals surface area contributed by atoms with Gasteiger partial charge in [-0.3, -0.25) is 0 Å². The first kappa shape index (κ1) is 9.65. The van der Waals surface area contributed by atoms with Crippen LogP contribution < -0.4 is 5.32 Å². The Kier molecular flexibility index (Phi) is 2.63. The van der Waals surface area contributed by atoms with Crippen LogP contribution in [0.4, 0.5) is 11.5 Å². The Balaban J connectivity index is 2.25. The van der Waals surface area contributed by atoms with Gasteiger partial charge in [-0.2, -0.15) is 5.10 Å². The third-order valence-electron chi connectivity index (χ3n) is 2.22. The molecule has 0 unspecified atom stereocenters. The monoisotopic (exact) mass is 199 g/mol. The van der Waals surface area contributed by atoms with Crippen molar-refractivity contribution < 1.29 is 0 Å². The highest BCUT2D eigenvalue weighted by Gasteiger charge is 1.99. The van der Waals surface area contributed by atoms with Gasteiger partial charge in [-0.25, -0.2) is 0 Å². The summed E-state index contributed by atoms with van der Waals surface area (Å²) in [6.07, 6.45) is 1.66. The average Bonchev–Trinajstić information content (AvgIpc) is 2.24. The molecule has 0 bridgehead atoms. The molecule has 0 aliphatic carbocycles. The molecule has 0 atom stereocenters. The largest absolute Gasteiger partial charge is 0.339 e. The van der Waals surface area contributed by atoms with Gasteiger partial charge in [-0.1, -0.05) is 17.7 Å². The molecule has 1 aromatic heterocycles. The van der Waals surface area contributed by atoms with Gasteiger partial charge in [0.05, 0.1) is 0 Å². The summed E-state index contributed by atoms with van der Waals surface area (Å²) in [6, 6.07) is 10.0. The normalized spacial score (nSPS) is 10.0. The van der Waals surface area contributed by atoms with E-state index < -0.39 is 0 Å². The van der Waals surface area contributed by atoms with Crippen molar-refractivity contribution in [3.8, 4) is 0 Å². The van der Waals surface area contributed by atoms with Crippen molar-refractivity contribution in [1.82, 2.24) is 10.2 Å². The van der Waals surface area contributed by atoms with Crippen LogP contribution in [-0.2, 0) is 0 Å². The molecule has 76 valence electrons. The van der Waals surface area contributed by atoms with E-state index in [4.69, 9.17) is 0 Å². The van der Waals surface area contributed by atoms with Crippen molar-refractivity contribution in [3.63, 3.8) is 0 Å². The maximum atomic E-state index is 3.98. The van der Waals surface area contributed by atoms with Crippen molar-refractivity contribution in [2.75, 3.05) is 5.32 Å². The Bertz CT molecular complexity index is 452. The van der Waals surface area contributed by atoms with E-state index in [0.717, 1.165) is 11.5 Å². The topological polar surface area (TPSA) is 37.8 Å². The van der Waals surface area contributed by atoms with Gasteiger partial charge in [0, 0.05) is 11.9 Å². The lowest BCUT2D eigenvalue weighted by Gasteiger charge is -2.08. The Morgan fingerprint density at radius 2 is 2.00 bits per heavy atom. The standard InChI is InChI=1S/C12H13N3/c1-9-5-6-11(10(2)8-9)14-12-4-3-7-13-15-12/h3-8H,1-2H3,(H,14,15). The Hall–Kier alpha value is -1.90. The van der Waals surface area contributed by atoms with Crippen LogP contribution >= 0.6 is 0 Å². The van der Waals surface area contributed by atoms with Crippen LogP contribution in [0.3, 0.4) is 0 Å². The zero-order valence-electron chi connectivity index (χ0n) is 8.86. The molecule has 0 spiro atoms. The van der Waals surface area contributed by atoms with Crippen LogP contribution in [0.2, 0.25) is 0 Å². The maximum Gasteiger partial charge on any atom is 0.153 e. The molecule has 2 aromatic rings. The van der Waals surface area contributed by atoms with Gasteiger partial charge in [-0.05, 0) is 37.6 Å². The number of hydrogen-bond acceptors (Lipinski definition) is 3. The molecule has 2 rings (SSSR count).